The molecular weight excluding hydrogens is 354 g/mol. The largest absolute Gasteiger partial charge is 0.490 e. The van der Waals surface area contributed by atoms with Crippen LogP contribution in [0, 0.1) is 13.8 Å². The van der Waals surface area contributed by atoms with Crippen LogP contribution in [0.15, 0.2) is 54.0 Å². The summed E-state index contributed by atoms with van der Waals surface area (Å²) in [6.07, 6.45) is 9.31. The molecule has 0 aliphatic heterocycles. The number of hydrogen-bond acceptors (Lipinski definition) is 5. The highest BCUT2D eigenvalue weighted by Crippen LogP contribution is 2.36. The first kappa shape index (κ1) is 16.7. The molecule has 1 saturated carbocycles. The molecule has 7 heteroatoms. The molecule has 140 valence electrons. The van der Waals surface area contributed by atoms with Crippen molar-refractivity contribution < 1.29 is 4.74 Å². The van der Waals surface area contributed by atoms with Gasteiger partial charge in [-0.1, -0.05) is 12.1 Å². The van der Waals surface area contributed by atoms with E-state index in [4.69, 9.17) is 4.74 Å². The molecule has 1 aliphatic rings. The van der Waals surface area contributed by atoms with Crippen LogP contribution in [-0.4, -0.2) is 30.3 Å². The minimum absolute atomic E-state index is 0.250. The first-order valence-electron chi connectivity index (χ1n) is 9.27. The topological polar surface area (TPSA) is 74.3 Å². The van der Waals surface area contributed by atoms with E-state index >= 15 is 0 Å². The van der Waals surface area contributed by atoms with Crippen LogP contribution in [0.1, 0.15) is 24.0 Å². The van der Waals surface area contributed by atoms with E-state index < -0.39 is 0 Å². The van der Waals surface area contributed by atoms with Crippen molar-refractivity contribution in [3.05, 3.63) is 70.7 Å². The second-order valence-electron chi connectivity index (χ2n) is 7.07. The molecule has 0 saturated heterocycles. The number of nitrogens with zero attached hydrogens (tertiary/aromatic N) is 5. The molecule has 4 aromatic rings. The van der Waals surface area contributed by atoms with Crippen LogP contribution in [-0.2, 0) is 0 Å². The number of fused-ring (bicyclic) bond motifs is 1. The van der Waals surface area contributed by atoms with E-state index in [1.54, 1.807) is 29.2 Å². The van der Waals surface area contributed by atoms with Gasteiger partial charge in [-0.15, -0.1) is 0 Å². The summed E-state index contributed by atoms with van der Waals surface area (Å²) in [5.74, 6) is 1.16. The predicted molar refractivity (Wildman–Crippen MR) is 105 cm³/mol. The number of ether oxygens (including phenoxy) is 1. The van der Waals surface area contributed by atoms with E-state index in [0.29, 0.717) is 11.6 Å². The fraction of sp³-hybridized carbons (Fsp3) is 0.238. The molecule has 0 unspecified atom stereocenters. The lowest BCUT2D eigenvalue weighted by Gasteiger charge is -2.12. The first-order chi connectivity index (χ1) is 13.6. The van der Waals surface area contributed by atoms with Crippen LogP contribution < -0.4 is 10.3 Å². The van der Waals surface area contributed by atoms with Gasteiger partial charge in [-0.25, -0.2) is 9.97 Å². The Balaban J connectivity index is 1.67. The molecule has 28 heavy (non-hydrogen) atoms. The zero-order valence-electron chi connectivity index (χ0n) is 15.7. The highest BCUT2D eigenvalue weighted by atomic mass is 16.5. The average molecular weight is 373 g/mol. The van der Waals surface area contributed by atoms with Crippen LogP contribution in [0.3, 0.4) is 0 Å². The van der Waals surface area contributed by atoms with E-state index in [1.807, 2.05) is 25.3 Å². The molecule has 1 aromatic carbocycles. The maximum atomic E-state index is 13.1. The quantitative estimate of drug-likeness (QED) is 0.549. The lowest BCUT2D eigenvalue weighted by Crippen LogP contribution is -2.24. The number of aryl methyl sites for hydroxylation is 1. The molecule has 3 aromatic heterocycles. The molecule has 0 atom stereocenters. The fourth-order valence-corrected chi connectivity index (χ4v) is 3.46. The Bertz CT molecular complexity index is 1240. The van der Waals surface area contributed by atoms with E-state index in [1.165, 1.54) is 4.68 Å². The fourth-order valence-electron chi connectivity index (χ4n) is 3.46. The van der Waals surface area contributed by atoms with Crippen LogP contribution in [0.2, 0.25) is 0 Å². The van der Waals surface area contributed by atoms with Gasteiger partial charge in [-0.2, -0.15) is 9.78 Å². The van der Waals surface area contributed by atoms with Crippen molar-refractivity contribution in [2.24, 2.45) is 0 Å². The smallest absolute Gasteiger partial charge is 0.298 e. The number of benzene rings is 1. The summed E-state index contributed by atoms with van der Waals surface area (Å²) in [7, 11) is 0. The van der Waals surface area contributed by atoms with Crippen molar-refractivity contribution >= 4 is 5.52 Å². The molecule has 0 amide bonds. The van der Waals surface area contributed by atoms with Crippen LogP contribution >= 0.6 is 0 Å². The van der Waals surface area contributed by atoms with E-state index in [0.717, 1.165) is 40.8 Å². The number of hydrogen-bond donors (Lipinski definition) is 0. The summed E-state index contributed by atoms with van der Waals surface area (Å²) < 4.78 is 9.02. The Labute approximate surface area is 161 Å². The van der Waals surface area contributed by atoms with Gasteiger partial charge in [0.2, 0.25) is 0 Å². The summed E-state index contributed by atoms with van der Waals surface area (Å²) in [4.78, 5) is 21.3. The maximum Gasteiger partial charge on any atom is 0.298 e. The maximum absolute atomic E-state index is 13.1. The minimum Gasteiger partial charge on any atom is -0.490 e. The highest BCUT2D eigenvalue weighted by molar-refractivity contribution is 5.79. The lowest BCUT2D eigenvalue weighted by molar-refractivity contribution is 0.301. The van der Waals surface area contributed by atoms with Gasteiger partial charge in [0.25, 0.3) is 11.5 Å². The molecule has 0 N–H and O–H groups in total. The first-order valence-corrected chi connectivity index (χ1v) is 9.27. The molecular formula is C21H19N5O2. The Morgan fingerprint density at radius 2 is 1.82 bits per heavy atom. The van der Waals surface area contributed by atoms with E-state index in [-0.39, 0.29) is 11.5 Å². The average Bonchev–Trinajstić information content (AvgIpc) is 3.46. The van der Waals surface area contributed by atoms with Gasteiger partial charge < -0.3 is 9.14 Å². The third kappa shape index (κ3) is 2.67. The Morgan fingerprint density at radius 1 is 1.04 bits per heavy atom. The van der Waals surface area contributed by atoms with Crippen molar-refractivity contribution in [3.63, 3.8) is 0 Å². The van der Waals surface area contributed by atoms with Gasteiger partial charge in [0.05, 0.1) is 6.10 Å². The lowest BCUT2D eigenvalue weighted by atomic mass is 9.99. The van der Waals surface area contributed by atoms with Gasteiger partial charge in [0.15, 0.2) is 0 Å². The molecule has 3 heterocycles. The molecule has 5 rings (SSSR count). The van der Waals surface area contributed by atoms with Crippen molar-refractivity contribution in [3.8, 4) is 22.8 Å². The SMILES string of the molecule is Cc1c(OC2CC2)cccc1-c1cn2cnn(-c3ncccn3)c(=O)c2c1C. The second-order valence-corrected chi connectivity index (χ2v) is 7.07. The monoisotopic (exact) mass is 373 g/mol. The zero-order valence-corrected chi connectivity index (χ0v) is 15.7. The number of aromatic nitrogens is 5. The van der Waals surface area contributed by atoms with Crippen molar-refractivity contribution in [1.29, 1.82) is 0 Å². The van der Waals surface area contributed by atoms with E-state index in [2.05, 4.69) is 28.1 Å². The summed E-state index contributed by atoms with van der Waals surface area (Å²) in [5.41, 5.74) is 4.33. The van der Waals surface area contributed by atoms with Gasteiger partial charge in [0.1, 0.15) is 17.6 Å². The second kappa shape index (κ2) is 6.30. The van der Waals surface area contributed by atoms with Crippen molar-refractivity contribution in [2.45, 2.75) is 32.8 Å². The number of rotatable bonds is 4. The highest BCUT2D eigenvalue weighted by Gasteiger charge is 2.25. The van der Waals surface area contributed by atoms with Crippen molar-refractivity contribution in [1.82, 2.24) is 24.1 Å². The van der Waals surface area contributed by atoms with Gasteiger partial charge in [0, 0.05) is 24.2 Å². The Kier molecular flexibility index (Phi) is 3.75. The zero-order chi connectivity index (χ0) is 19.3. The molecule has 0 bridgehead atoms. The van der Waals surface area contributed by atoms with Crippen LogP contribution in [0.25, 0.3) is 22.6 Å². The minimum atomic E-state index is -0.250. The van der Waals surface area contributed by atoms with Crippen LogP contribution in [0.5, 0.6) is 5.75 Å². The van der Waals surface area contributed by atoms with E-state index in [9.17, 15) is 4.79 Å². The molecule has 7 nitrogen and oxygen atoms in total. The van der Waals surface area contributed by atoms with Gasteiger partial charge in [-0.3, -0.25) is 4.79 Å². The summed E-state index contributed by atoms with van der Waals surface area (Å²) >= 11 is 0. The van der Waals surface area contributed by atoms with Gasteiger partial charge >= 0.3 is 0 Å². The summed E-state index contributed by atoms with van der Waals surface area (Å²) in [6.45, 7) is 4.01. The van der Waals surface area contributed by atoms with Gasteiger partial charge in [-0.05, 0) is 55.5 Å². The Morgan fingerprint density at radius 3 is 2.57 bits per heavy atom. The Hall–Kier alpha value is -3.48. The molecule has 0 radical (unpaired) electrons. The summed E-state index contributed by atoms with van der Waals surface area (Å²) in [5, 5.41) is 4.23. The molecule has 1 aliphatic carbocycles. The third-order valence-electron chi connectivity index (χ3n) is 5.11. The van der Waals surface area contributed by atoms with Crippen LogP contribution in [0.4, 0.5) is 0 Å². The van der Waals surface area contributed by atoms with Crippen molar-refractivity contribution in [2.75, 3.05) is 0 Å². The summed E-state index contributed by atoms with van der Waals surface area (Å²) in [6, 6.07) is 7.76. The molecule has 1 fully saturated rings. The predicted octanol–water partition coefficient (Wildman–Crippen LogP) is 3.10. The normalized spacial score (nSPS) is 13.8. The third-order valence-corrected chi connectivity index (χ3v) is 5.11. The standard InChI is InChI=1S/C21H19N5O2/c1-13-16(5-3-6-18(13)28-15-7-8-15)17-11-25-12-24-26(20(27)19(25)14(17)2)21-22-9-4-10-23-21/h3-6,9-12,15H,7-8H2,1-2H3. The molecule has 0 spiro atoms.